The van der Waals surface area contributed by atoms with Crippen LogP contribution < -0.4 is 5.32 Å². The molecule has 7 nitrogen and oxygen atoms in total. The average Bonchev–Trinajstić information content (AvgIpc) is 3.12. The fraction of sp³-hybridized carbons (Fsp3) is 0.842. The van der Waals surface area contributed by atoms with Crippen LogP contribution in [-0.2, 0) is 17.7 Å². The second kappa shape index (κ2) is 5.94. The second-order valence-electron chi connectivity index (χ2n) is 8.85. The van der Waals surface area contributed by atoms with Crippen LogP contribution in [0, 0.1) is 5.92 Å². The molecule has 3 atom stereocenters. The first-order chi connectivity index (χ1) is 12.6. The Morgan fingerprint density at radius 2 is 2.15 bits per heavy atom. The Hall–Kier alpha value is -1.63. The molecule has 1 aliphatic carbocycles. The van der Waals surface area contributed by atoms with E-state index in [4.69, 9.17) is 4.74 Å². The number of aryl methyl sites for hydroxylation is 1. The average molecular weight is 359 g/mol. The van der Waals surface area contributed by atoms with Gasteiger partial charge >= 0.3 is 6.03 Å². The predicted molar refractivity (Wildman–Crippen MR) is 95.9 cm³/mol. The fourth-order valence-corrected chi connectivity index (χ4v) is 5.17. The molecular formula is C19H29N5O2. The Bertz CT molecular complexity index is 705. The number of ether oxygens (including phenoxy) is 1. The monoisotopic (exact) mass is 359 g/mol. The lowest BCUT2D eigenvalue weighted by molar-refractivity contribution is -0.147. The van der Waals surface area contributed by atoms with Crippen LogP contribution in [0.3, 0.4) is 0 Å². The Labute approximate surface area is 154 Å². The van der Waals surface area contributed by atoms with Crippen LogP contribution in [0.4, 0.5) is 4.79 Å². The zero-order chi connectivity index (χ0) is 17.9. The Balaban J connectivity index is 1.26. The standard InChI is InChI=1S/C19H29N5O2/c1-12(2)17-22-21-15-7-6-14(10-23(15)17)20-18(25)24-11-19(8-3-9-26-19)16(24)13-4-5-13/h12-14,16H,3-11H2,1-2H3,(H,20,25). The van der Waals surface area contributed by atoms with Crippen LogP contribution in [0.5, 0.6) is 0 Å². The molecule has 1 aromatic rings. The van der Waals surface area contributed by atoms with Gasteiger partial charge in [-0.2, -0.15) is 0 Å². The van der Waals surface area contributed by atoms with Crippen LogP contribution in [0.25, 0.3) is 0 Å². The summed E-state index contributed by atoms with van der Waals surface area (Å²) in [7, 11) is 0. The molecule has 26 heavy (non-hydrogen) atoms. The number of nitrogens with one attached hydrogen (secondary N) is 1. The molecule has 3 unspecified atom stereocenters. The van der Waals surface area contributed by atoms with Crippen LogP contribution in [-0.4, -0.2) is 56.5 Å². The zero-order valence-electron chi connectivity index (χ0n) is 15.8. The van der Waals surface area contributed by atoms with Crippen molar-refractivity contribution in [3.8, 4) is 0 Å². The summed E-state index contributed by atoms with van der Waals surface area (Å²) in [6, 6.07) is 0.547. The molecule has 3 fully saturated rings. The van der Waals surface area contributed by atoms with E-state index in [9.17, 15) is 4.79 Å². The van der Waals surface area contributed by atoms with Gasteiger partial charge in [0.15, 0.2) is 0 Å². The first kappa shape index (κ1) is 16.5. The van der Waals surface area contributed by atoms with Gasteiger partial charge in [0.1, 0.15) is 17.2 Å². The van der Waals surface area contributed by atoms with Crippen molar-refractivity contribution in [2.24, 2.45) is 5.92 Å². The highest BCUT2D eigenvalue weighted by Crippen LogP contribution is 2.51. The summed E-state index contributed by atoms with van der Waals surface area (Å²) in [5.41, 5.74) is -0.0304. The number of carbonyl (C=O) groups is 1. The summed E-state index contributed by atoms with van der Waals surface area (Å²) in [4.78, 5) is 15.0. The smallest absolute Gasteiger partial charge is 0.318 e. The lowest BCUT2D eigenvalue weighted by Gasteiger charge is -2.55. The van der Waals surface area contributed by atoms with Gasteiger partial charge in [-0.1, -0.05) is 13.8 Å². The van der Waals surface area contributed by atoms with Gasteiger partial charge in [0.2, 0.25) is 0 Å². The molecule has 142 valence electrons. The molecular weight excluding hydrogens is 330 g/mol. The van der Waals surface area contributed by atoms with Gasteiger partial charge in [0.05, 0.1) is 12.6 Å². The maximum atomic E-state index is 13.0. The number of rotatable bonds is 3. The van der Waals surface area contributed by atoms with E-state index >= 15 is 0 Å². The fourth-order valence-electron chi connectivity index (χ4n) is 5.17. The first-order valence-corrected chi connectivity index (χ1v) is 10.2. The molecule has 0 radical (unpaired) electrons. The van der Waals surface area contributed by atoms with Gasteiger partial charge in [0.25, 0.3) is 0 Å². The number of hydrogen-bond acceptors (Lipinski definition) is 4. The van der Waals surface area contributed by atoms with Crippen molar-refractivity contribution in [2.75, 3.05) is 13.2 Å². The number of likely N-dealkylation sites (tertiary alicyclic amines) is 1. The molecule has 1 saturated carbocycles. The quantitative estimate of drug-likeness (QED) is 0.897. The molecule has 0 aromatic carbocycles. The lowest BCUT2D eigenvalue weighted by Crippen LogP contribution is -2.73. The van der Waals surface area contributed by atoms with Crippen molar-refractivity contribution in [3.05, 3.63) is 11.6 Å². The van der Waals surface area contributed by atoms with Crippen LogP contribution in [0.1, 0.15) is 63.5 Å². The highest BCUT2D eigenvalue weighted by atomic mass is 16.5. The van der Waals surface area contributed by atoms with Crippen molar-refractivity contribution in [3.63, 3.8) is 0 Å². The highest BCUT2D eigenvalue weighted by Gasteiger charge is 2.61. The second-order valence-corrected chi connectivity index (χ2v) is 8.85. The van der Waals surface area contributed by atoms with E-state index in [1.165, 1.54) is 12.8 Å². The van der Waals surface area contributed by atoms with Crippen LogP contribution in [0.15, 0.2) is 0 Å². The van der Waals surface area contributed by atoms with Crippen molar-refractivity contribution in [1.29, 1.82) is 0 Å². The number of urea groups is 1. The van der Waals surface area contributed by atoms with E-state index in [1.54, 1.807) is 0 Å². The molecule has 4 aliphatic rings. The van der Waals surface area contributed by atoms with E-state index in [0.717, 1.165) is 57.0 Å². The van der Waals surface area contributed by atoms with Gasteiger partial charge in [-0.15, -0.1) is 10.2 Å². The topological polar surface area (TPSA) is 72.3 Å². The molecule has 1 spiro atoms. The molecule has 2 saturated heterocycles. The van der Waals surface area contributed by atoms with Gasteiger partial charge in [0, 0.05) is 31.5 Å². The first-order valence-electron chi connectivity index (χ1n) is 10.2. The summed E-state index contributed by atoms with van der Waals surface area (Å²) in [5, 5.41) is 11.9. The Morgan fingerprint density at radius 3 is 2.85 bits per heavy atom. The lowest BCUT2D eigenvalue weighted by atomic mass is 9.78. The van der Waals surface area contributed by atoms with Crippen molar-refractivity contribution in [1.82, 2.24) is 25.0 Å². The maximum Gasteiger partial charge on any atom is 0.318 e. The van der Waals surface area contributed by atoms with Gasteiger partial charge < -0.3 is 19.5 Å². The van der Waals surface area contributed by atoms with E-state index in [-0.39, 0.29) is 17.7 Å². The number of fused-ring (bicyclic) bond motifs is 1. The summed E-state index contributed by atoms with van der Waals surface area (Å²) in [5.74, 6) is 3.07. The van der Waals surface area contributed by atoms with E-state index in [2.05, 4.69) is 33.9 Å². The van der Waals surface area contributed by atoms with Gasteiger partial charge in [-0.25, -0.2) is 4.79 Å². The third-order valence-corrected chi connectivity index (χ3v) is 6.60. The van der Waals surface area contributed by atoms with E-state index < -0.39 is 0 Å². The largest absolute Gasteiger partial charge is 0.371 e. The molecule has 2 amide bonds. The number of aromatic nitrogens is 3. The van der Waals surface area contributed by atoms with Crippen molar-refractivity contribution in [2.45, 2.75) is 82.5 Å². The summed E-state index contributed by atoms with van der Waals surface area (Å²) in [6.07, 6.45) is 6.55. The SMILES string of the molecule is CC(C)c1nnc2n1CC(NC(=O)N1CC3(CCCO3)C1C1CC1)CC2. The molecule has 4 heterocycles. The van der Waals surface area contributed by atoms with Crippen molar-refractivity contribution >= 4 is 6.03 Å². The number of hydrogen-bond donors (Lipinski definition) is 1. The number of carbonyl (C=O) groups excluding carboxylic acids is 1. The minimum atomic E-state index is -0.0304. The Morgan fingerprint density at radius 1 is 1.31 bits per heavy atom. The zero-order valence-corrected chi connectivity index (χ0v) is 15.8. The molecule has 7 heteroatoms. The van der Waals surface area contributed by atoms with Gasteiger partial charge in [-0.3, -0.25) is 0 Å². The molecule has 3 aliphatic heterocycles. The highest BCUT2D eigenvalue weighted by molar-refractivity contribution is 5.76. The predicted octanol–water partition coefficient (Wildman–Crippen LogP) is 2.07. The van der Waals surface area contributed by atoms with E-state index in [0.29, 0.717) is 17.9 Å². The number of nitrogens with zero attached hydrogens (tertiary/aromatic N) is 4. The number of amides is 2. The normalized spacial score (nSPS) is 33.4. The maximum absolute atomic E-state index is 13.0. The minimum Gasteiger partial charge on any atom is -0.371 e. The Kier molecular flexibility index (Phi) is 3.78. The molecule has 1 N–H and O–H groups in total. The van der Waals surface area contributed by atoms with Gasteiger partial charge in [-0.05, 0) is 38.0 Å². The molecule has 1 aromatic heterocycles. The molecule has 0 bridgehead atoms. The summed E-state index contributed by atoms with van der Waals surface area (Å²) in [6.45, 7) is 6.68. The molecule has 5 rings (SSSR count). The van der Waals surface area contributed by atoms with Crippen LogP contribution in [0.2, 0.25) is 0 Å². The van der Waals surface area contributed by atoms with Crippen molar-refractivity contribution < 1.29 is 9.53 Å². The summed E-state index contributed by atoms with van der Waals surface area (Å²) < 4.78 is 8.30. The minimum absolute atomic E-state index is 0.0304. The third-order valence-electron chi connectivity index (χ3n) is 6.60. The third kappa shape index (κ3) is 2.54. The van der Waals surface area contributed by atoms with Crippen LogP contribution >= 0.6 is 0 Å². The van der Waals surface area contributed by atoms with E-state index in [1.807, 2.05) is 4.90 Å². The summed E-state index contributed by atoms with van der Waals surface area (Å²) >= 11 is 0.